The highest BCUT2D eigenvalue weighted by molar-refractivity contribution is 5.73. The van der Waals surface area contributed by atoms with Gasteiger partial charge in [-0.1, -0.05) is 18.6 Å². The number of halogens is 2. The van der Waals surface area contributed by atoms with E-state index >= 15 is 4.39 Å². The molecule has 0 aromatic heterocycles. The zero-order valence-electron chi connectivity index (χ0n) is 28.0. The van der Waals surface area contributed by atoms with Crippen LogP contribution in [0.3, 0.4) is 0 Å². The molecule has 254 valence electrons. The molecule has 2 aliphatic heterocycles. The van der Waals surface area contributed by atoms with Crippen LogP contribution in [0.25, 0.3) is 0 Å². The number of hydrogen-bond acceptors (Lipinski definition) is 7. The van der Waals surface area contributed by atoms with Crippen LogP contribution in [-0.4, -0.2) is 94.0 Å². The van der Waals surface area contributed by atoms with Crippen molar-refractivity contribution in [2.24, 2.45) is 11.8 Å². The number of benzene rings is 2. The summed E-state index contributed by atoms with van der Waals surface area (Å²) in [4.78, 5) is 30.9. The summed E-state index contributed by atoms with van der Waals surface area (Å²) in [6.07, 6.45) is 3.49. The maximum Gasteiger partial charge on any atom is 0.407 e. The summed E-state index contributed by atoms with van der Waals surface area (Å²) in [5, 5.41) is 15.6. The molecule has 2 heterocycles. The molecule has 3 atom stereocenters. The lowest BCUT2D eigenvalue weighted by Gasteiger charge is -2.52. The first-order valence-corrected chi connectivity index (χ1v) is 16.7. The van der Waals surface area contributed by atoms with Gasteiger partial charge in [-0.3, -0.25) is 9.69 Å². The second kappa shape index (κ2) is 14.6. The number of nitriles is 1. The summed E-state index contributed by atoms with van der Waals surface area (Å²) >= 11 is 0. The van der Waals surface area contributed by atoms with Gasteiger partial charge in [0, 0.05) is 43.7 Å². The number of rotatable bonds is 11. The van der Waals surface area contributed by atoms with Gasteiger partial charge in [0.25, 0.3) is 0 Å². The van der Waals surface area contributed by atoms with Crippen LogP contribution in [-0.2, 0) is 21.5 Å². The van der Waals surface area contributed by atoms with Crippen molar-refractivity contribution in [2.75, 3.05) is 65.4 Å². The summed E-state index contributed by atoms with van der Waals surface area (Å²) in [5.74, 6) is -0.486. The standard InChI is InChI=1S/C36H48F2N6O3/c1-25(45)40-21-36(29-7-5-8-30(37)18-29,32-9-6-10-33(32)41-34(46)47-4)28-13-15-43(16-14-28)22-35(38)23-44(24-35)31-12-11-26(19-39)27(17-31)20-42(2)3/h5,7-8,11-12,17-18,28,32-33H,6,9-10,13-16,20-24H2,1-4H3,(H,40,45)(H,41,46)/t32-,33-,36-/m0/s1. The molecule has 0 spiro atoms. The maximum absolute atomic E-state index is 16.1. The van der Waals surface area contributed by atoms with Gasteiger partial charge in [-0.25, -0.2) is 13.6 Å². The first-order chi connectivity index (χ1) is 22.5. The Morgan fingerprint density at radius 1 is 1.13 bits per heavy atom. The molecular weight excluding hydrogens is 602 g/mol. The lowest BCUT2D eigenvalue weighted by Crippen LogP contribution is -2.65. The van der Waals surface area contributed by atoms with Crippen molar-refractivity contribution in [1.82, 2.24) is 20.4 Å². The number of carbonyl (C=O) groups excluding carboxylic acids is 2. The summed E-state index contributed by atoms with van der Waals surface area (Å²) in [6, 6.07) is 14.4. The summed E-state index contributed by atoms with van der Waals surface area (Å²) in [5.41, 5.74) is 1.33. The van der Waals surface area contributed by atoms with Crippen LogP contribution in [0.4, 0.5) is 19.3 Å². The zero-order valence-corrected chi connectivity index (χ0v) is 28.0. The number of ether oxygens (including phenoxy) is 1. The minimum absolute atomic E-state index is 0.0516. The van der Waals surface area contributed by atoms with Crippen LogP contribution >= 0.6 is 0 Å². The third-order valence-corrected chi connectivity index (χ3v) is 10.5. The summed E-state index contributed by atoms with van der Waals surface area (Å²) in [6.45, 7) is 4.71. The molecule has 9 nitrogen and oxygen atoms in total. The van der Waals surface area contributed by atoms with Gasteiger partial charge >= 0.3 is 6.09 Å². The second-order valence-corrected chi connectivity index (χ2v) is 14.0. The molecule has 2 aromatic carbocycles. The molecule has 0 bridgehead atoms. The Balaban J connectivity index is 1.32. The van der Waals surface area contributed by atoms with Crippen molar-refractivity contribution in [2.45, 2.75) is 62.7 Å². The Hall–Kier alpha value is -3.75. The fraction of sp³-hybridized carbons (Fsp3) is 0.583. The third kappa shape index (κ3) is 7.71. The van der Waals surface area contributed by atoms with Crippen molar-refractivity contribution in [3.63, 3.8) is 0 Å². The molecule has 47 heavy (non-hydrogen) atoms. The molecule has 2 N–H and O–H groups in total. The molecule has 1 aliphatic carbocycles. The van der Waals surface area contributed by atoms with Crippen LogP contribution in [0.5, 0.6) is 0 Å². The van der Waals surface area contributed by atoms with Crippen LogP contribution < -0.4 is 15.5 Å². The van der Waals surface area contributed by atoms with Crippen LogP contribution in [0.1, 0.15) is 55.7 Å². The van der Waals surface area contributed by atoms with Crippen LogP contribution in [0.2, 0.25) is 0 Å². The smallest absolute Gasteiger partial charge is 0.407 e. The van der Waals surface area contributed by atoms with E-state index in [9.17, 15) is 19.2 Å². The summed E-state index contributed by atoms with van der Waals surface area (Å²) in [7, 11) is 5.26. The number of alkyl carbamates (subject to hydrolysis) is 1. The van der Waals surface area contributed by atoms with E-state index in [1.807, 2.05) is 48.2 Å². The normalized spacial score (nSPS) is 22.6. The number of anilines is 1. The average Bonchev–Trinajstić information content (AvgIpc) is 3.48. The lowest BCUT2D eigenvalue weighted by atomic mass is 9.58. The molecule has 3 aliphatic rings. The number of amides is 2. The van der Waals surface area contributed by atoms with Gasteiger partial charge in [-0.15, -0.1) is 0 Å². The Morgan fingerprint density at radius 2 is 1.87 bits per heavy atom. The molecular formula is C36H48F2N6O3. The average molecular weight is 651 g/mol. The quantitative estimate of drug-likeness (QED) is 0.367. The predicted octanol–water partition coefficient (Wildman–Crippen LogP) is 4.60. The fourth-order valence-electron chi connectivity index (χ4n) is 8.42. The monoisotopic (exact) mass is 650 g/mol. The van der Waals surface area contributed by atoms with Gasteiger partial charge in [0.1, 0.15) is 5.82 Å². The third-order valence-electron chi connectivity index (χ3n) is 10.5. The highest BCUT2D eigenvalue weighted by Gasteiger charge is 2.53. The largest absolute Gasteiger partial charge is 0.453 e. The van der Waals surface area contributed by atoms with Crippen molar-refractivity contribution < 1.29 is 23.1 Å². The number of nitrogens with zero attached hydrogens (tertiary/aromatic N) is 4. The van der Waals surface area contributed by atoms with Gasteiger partial charge in [0.15, 0.2) is 5.67 Å². The van der Waals surface area contributed by atoms with Crippen LogP contribution in [0.15, 0.2) is 42.5 Å². The molecule has 11 heteroatoms. The van der Waals surface area contributed by atoms with Crippen LogP contribution in [0, 0.1) is 29.0 Å². The predicted molar refractivity (Wildman–Crippen MR) is 177 cm³/mol. The number of hydrogen-bond donors (Lipinski definition) is 2. The van der Waals surface area contributed by atoms with Gasteiger partial charge in [0.2, 0.25) is 5.91 Å². The molecule has 1 saturated carbocycles. The summed E-state index contributed by atoms with van der Waals surface area (Å²) < 4.78 is 35.9. The van der Waals surface area contributed by atoms with E-state index in [1.165, 1.54) is 20.1 Å². The molecule has 5 rings (SSSR count). The van der Waals surface area contributed by atoms with E-state index in [2.05, 4.69) is 21.6 Å². The fourth-order valence-corrected chi connectivity index (χ4v) is 8.42. The second-order valence-electron chi connectivity index (χ2n) is 14.0. The van der Waals surface area contributed by atoms with Gasteiger partial charge in [-0.2, -0.15) is 5.26 Å². The number of carbonyl (C=O) groups is 2. The topological polar surface area (TPSA) is 101 Å². The van der Waals surface area contributed by atoms with Gasteiger partial charge < -0.3 is 25.2 Å². The molecule has 2 saturated heterocycles. The first-order valence-electron chi connectivity index (χ1n) is 16.7. The Kier molecular flexibility index (Phi) is 10.7. The van der Waals surface area contributed by atoms with Crippen molar-refractivity contribution in [1.29, 1.82) is 5.26 Å². The first kappa shape index (κ1) is 34.6. The van der Waals surface area contributed by atoms with Crippen molar-refractivity contribution >= 4 is 17.7 Å². The maximum atomic E-state index is 16.1. The highest BCUT2D eigenvalue weighted by atomic mass is 19.1. The molecule has 0 unspecified atom stereocenters. The number of likely N-dealkylation sites (tertiary alicyclic amines) is 1. The lowest BCUT2D eigenvalue weighted by molar-refractivity contribution is -0.119. The van der Waals surface area contributed by atoms with Gasteiger partial charge in [-0.05, 0) is 106 Å². The number of methoxy groups -OCH3 is 1. The minimum atomic E-state index is -1.35. The number of piperidine rings is 1. The van der Waals surface area contributed by atoms with E-state index in [0.29, 0.717) is 51.4 Å². The van der Waals surface area contributed by atoms with Crippen molar-refractivity contribution in [3.05, 3.63) is 65.0 Å². The molecule has 3 fully saturated rings. The Bertz CT molecular complexity index is 1470. The minimum Gasteiger partial charge on any atom is -0.453 e. The van der Waals surface area contributed by atoms with Crippen molar-refractivity contribution in [3.8, 4) is 6.07 Å². The van der Waals surface area contributed by atoms with E-state index in [0.717, 1.165) is 48.9 Å². The number of nitrogens with one attached hydrogen (secondary N) is 2. The Morgan fingerprint density at radius 3 is 2.51 bits per heavy atom. The van der Waals surface area contributed by atoms with E-state index < -0.39 is 17.2 Å². The van der Waals surface area contributed by atoms with E-state index in [4.69, 9.17) is 4.74 Å². The van der Waals surface area contributed by atoms with Gasteiger partial charge in [0.05, 0.1) is 31.8 Å². The SMILES string of the molecule is COC(=O)N[C@H]1CCC[C@@H]1[C@](CNC(C)=O)(c1cccc(F)c1)C1CCN(CC2(F)CN(c3ccc(C#N)c(CN(C)C)c3)C2)CC1. The number of alkyl halides is 1. The zero-order chi connectivity index (χ0) is 33.8. The Labute approximate surface area is 277 Å². The molecule has 2 amide bonds. The highest BCUT2D eigenvalue weighted by Crippen LogP contribution is 2.50. The van der Waals surface area contributed by atoms with E-state index in [-0.39, 0.29) is 29.6 Å². The molecule has 2 aromatic rings. The van der Waals surface area contributed by atoms with E-state index in [1.54, 1.807) is 12.1 Å². The molecule has 0 radical (unpaired) electrons.